The highest BCUT2D eigenvalue weighted by Crippen LogP contribution is 2.12. The van der Waals surface area contributed by atoms with Gasteiger partial charge in [0.25, 0.3) is 0 Å². The summed E-state index contributed by atoms with van der Waals surface area (Å²) >= 11 is 0. The van der Waals surface area contributed by atoms with Gasteiger partial charge in [-0.05, 0) is 13.0 Å². The molecule has 0 aromatic heterocycles. The van der Waals surface area contributed by atoms with Crippen LogP contribution in [0.15, 0.2) is 0 Å². The molecule has 0 aromatic rings. The van der Waals surface area contributed by atoms with E-state index in [0.717, 1.165) is 6.54 Å². The van der Waals surface area contributed by atoms with Crippen molar-refractivity contribution in [3.8, 4) is 0 Å². The van der Waals surface area contributed by atoms with Crippen molar-refractivity contribution in [2.24, 2.45) is 11.5 Å². The van der Waals surface area contributed by atoms with Gasteiger partial charge in [-0.25, -0.2) is 0 Å². The summed E-state index contributed by atoms with van der Waals surface area (Å²) in [4.78, 5) is 0. The van der Waals surface area contributed by atoms with Crippen molar-refractivity contribution in [1.29, 1.82) is 0 Å². The molecule has 0 aliphatic rings. The molecule has 0 aliphatic carbocycles. The van der Waals surface area contributed by atoms with Gasteiger partial charge in [0.2, 0.25) is 0 Å². The molecule has 0 atom stereocenters. The van der Waals surface area contributed by atoms with Crippen LogP contribution in [0, 0.1) is 0 Å². The van der Waals surface area contributed by atoms with Crippen molar-refractivity contribution in [1.82, 2.24) is 0 Å². The molecule has 5 N–H and O–H groups in total. The second kappa shape index (κ2) is 24.9. The first kappa shape index (κ1) is 23.2. The van der Waals surface area contributed by atoms with Crippen LogP contribution in [0.1, 0.15) is 96.8 Å². The monoisotopic (exact) mass is 302 g/mol. The van der Waals surface area contributed by atoms with Crippen molar-refractivity contribution in [2.45, 2.75) is 96.8 Å². The second-order valence-electron chi connectivity index (χ2n) is 5.90. The summed E-state index contributed by atoms with van der Waals surface area (Å²) in [5.74, 6) is 0. The third-order valence-electron chi connectivity index (χ3n) is 3.69. The summed E-state index contributed by atoms with van der Waals surface area (Å²) in [7, 11) is 0. The molecule has 21 heavy (non-hydrogen) atoms. The fraction of sp³-hybridized carbons (Fsp3) is 1.00. The number of aliphatic hydroxyl groups excluding tert-OH is 1. The van der Waals surface area contributed by atoms with E-state index < -0.39 is 0 Å². The number of hydrogen-bond acceptors (Lipinski definition) is 3. The van der Waals surface area contributed by atoms with E-state index in [0.29, 0.717) is 6.54 Å². The van der Waals surface area contributed by atoms with E-state index in [-0.39, 0.29) is 6.61 Å². The Morgan fingerprint density at radius 1 is 0.524 bits per heavy atom. The van der Waals surface area contributed by atoms with Gasteiger partial charge in [0.05, 0.1) is 6.61 Å². The molecule has 0 bridgehead atoms. The predicted octanol–water partition coefficient (Wildman–Crippen LogP) is 4.36. The number of aliphatic hydroxyl groups is 1. The Kier molecular flexibility index (Phi) is 27.4. The Bertz CT molecular complexity index is 138. The van der Waals surface area contributed by atoms with Crippen LogP contribution in [0.4, 0.5) is 0 Å². The zero-order valence-electron chi connectivity index (χ0n) is 14.6. The molecule has 0 saturated carbocycles. The smallest absolute Gasteiger partial charge is 0.0553 e. The van der Waals surface area contributed by atoms with Crippen molar-refractivity contribution >= 4 is 0 Å². The average Bonchev–Trinajstić information content (AvgIpc) is 2.52. The summed E-state index contributed by atoms with van der Waals surface area (Å²) in [6.07, 6.45) is 19.9. The Morgan fingerprint density at radius 2 is 0.810 bits per heavy atom. The standard InChI is InChI=1S/C16H35N.C2H7NO/c1-2-3-4-5-6-7-8-9-10-11-12-13-14-15-16-17;3-1-2-4/h2-17H2,1H3;4H,1-3H2. The van der Waals surface area contributed by atoms with Crippen LogP contribution in [0.2, 0.25) is 0 Å². The third-order valence-corrected chi connectivity index (χ3v) is 3.69. The first-order valence-electron chi connectivity index (χ1n) is 9.34. The van der Waals surface area contributed by atoms with E-state index in [1.54, 1.807) is 0 Å². The molecule has 0 aromatic carbocycles. The highest BCUT2D eigenvalue weighted by atomic mass is 16.3. The van der Waals surface area contributed by atoms with E-state index in [1.165, 1.54) is 89.9 Å². The Balaban J connectivity index is 0. The summed E-state index contributed by atoms with van der Waals surface area (Å²) in [5.41, 5.74) is 10.2. The average molecular weight is 303 g/mol. The van der Waals surface area contributed by atoms with E-state index in [1.807, 2.05) is 0 Å². The molecule has 0 radical (unpaired) electrons. The van der Waals surface area contributed by atoms with Gasteiger partial charge in [0.1, 0.15) is 0 Å². The number of unbranched alkanes of at least 4 members (excludes halogenated alkanes) is 13. The molecule has 0 heterocycles. The summed E-state index contributed by atoms with van der Waals surface area (Å²) < 4.78 is 0. The van der Waals surface area contributed by atoms with Crippen LogP contribution >= 0.6 is 0 Å². The second-order valence-corrected chi connectivity index (χ2v) is 5.90. The maximum atomic E-state index is 7.75. The van der Waals surface area contributed by atoms with Crippen LogP contribution in [0.3, 0.4) is 0 Å². The fourth-order valence-electron chi connectivity index (χ4n) is 2.34. The van der Waals surface area contributed by atoms with Crippen molar-refractivity contribution < 1.29 is 5.11 Å². The predicted molar refractivity (Wildman–Crippen MR) is 95.5 cm³/mol. The molecule has 0 fully saturated rings. The van der Waals surface area contributed by atoms with Crippen molar-refractivity contribution in [2.75, 3.05) is 19.7 Å². The molecule has 3 nitrogen and oxygen atoms in total. The van der Waals surface area contributed by atoms with Gasteiger partial charge in [-0.15, -0.1) is 0 Å². The fourth-order valence-corrected chi connectivity index (χ4v) is 2.34. The van der Waals surface area contributed by atoms with Crippen LogP contribution in [-0.4, -0.2) is 24.8 Å². The SMILES string of the molecule is CCCCCCCCCCCCCCCCN.NCCO. The molecule has 3 heteroatoms. The molecule has 130 valence electrons. The molecule has 0 spiro atoms. The molecule has 0 unspecified atom stereocenters. The van der Waals surface area contributed by atoms with Crippen molar-refractivity contribution in [3.63, 3.8) is 0 Å². The number of nitrogens with two attached hydrogens (primary N) is 2. The van der Waals surface area contributed by atoms with E-state index in [9.17, 15) is 0 Å². The molecule has 0 amide bonds. The van der Waals surface area contributed by atoms with Gasteiger partial charge in [-0.1, -0.05) is 90.4 Å². The van der Waals surface area contributed by atoms with Gasteiger partial charge in [0, 0.05) is 6.54 Å². The van der Waals surface area contributed by atoms with Gasteiger partial charge in [0.15, 0.2) is 0 Å². The Morgan fingerprint density at radius 3 is 1.05 bits per heavy atom. The quantitative estimate of drug-likeness (QED) is 0.393. The third kappa shape index (κ3) is 28.7. The molecule has 0 saturated heterocycles. The lowest BCUT2D eigenvalue weighted by Crippen LogP contribution is -2.02. The molecule has 0 aliphatic heterocycles. The highest BCUT2D eigenvalue weighted by Gasteiger charge is 1.93. The lowest BCUT2D eigenvalue weighted by molar-refractivity contribution is 0.306. The van der Waals surface area contributed by atoms with Crippen LogP contribution in [-0.2, 0) is 0 Å². The Hall–Kier alpha value is -0.120. The number of hydrogen-bond donors (Lipinski definition) is 3. The molecule has 0 rings (SSSR count). The van der Waals surface area contributed by atoms with Gasteiger partial charge in [-0.3, -0.25) is 0 Å². The minimum Gasteiger partial charge on any atom is -0.395 e. The van der Waals surface area contributed by atoms with Gasteiger partial charge < -0.3 is 16.6 Å². The first-order chi connectivity index (χ1) is 10.3. The topological polar surface area (TPSA) is 72.3 Å². The van der Waals surface area contributed by atoms with Gasteiger partial charge in [-0.2, -0.15) is 0 Å². The largest absolute Gasteiger partial charge is 0.395 e. The van der Waals surface area contributed by atoms with E-state index in [4.69, 9.17) is 16.6 Å². The maximum Gasteiger partial charge on any atom is 0.0553 e. The minimum atomic E-state index is 0.0972. The lowest BCUT2D eigenvalue weighted by atomic mass is 10.0. The maximum absolute atomic E-state index is 7.75. The highest BCUT2D eigenvalue weighted by molar-refractivity contribution is 4.49. The van der Waals surface area contributed by atoms with Crippen molar-refractivity contribution in [3.05, 3.63) is 0 Å². The van der Waals surface area contributed by atoms with Crippen LogP contribution in [0.25, 0.3) is 0 Å². The van der Waals surface area contributed by atoms with Crippen LogP contribution < -0.4 is 11.5 Å². The van der Waals surface area contributed by atoms with Crippen LogP contribution in [0.5, 0.6) is 0 Å². The lowest BCUT2D eigenvalue weighted by Gasteiger charge is -2.02. The zero-order chi connectivity index (χ0) is 16.0. The van der Waals surface area contributed by atoms with E-state index >= 15 is 0 Å². The zero-order valence-corrected chi connectivity index (χ0v) is 14.6. The molecular weight excluding hydrogens is 260 g/mol. The first-order valence-corrected chi connectivity index (χ1v) is 9.34. The summed E-state index contributed by atoms with van der Waals surface area (Å²) in [5, 5.41) is 7.75. The van der Waals surface area contributed by atoms with E-state index in [2.05, 4.69) is 6.92 Å². The summed E-state index contributed by atoms with van der Waals surface area (Å²) in [6.45, 7) is 3.63. The number of rotatable bonds is 15. The van der Waals surface area contributed by atoms with Gasteiger partial charge >= 0.3 is 0 Å². The minimum absolute atomic E-state index is 0.0972. The Labute approximate surface area is 133 Å². The molecular formula is C18H42N2O. The normalized spacial score (nSPS) is 10.3. The summed E-state index contributed by atoms with van der Waals surface area (Å²) in [6, 6.07) is 0.